The Morgan fingerprint density at radius 2 is 2.15 bits per heavy atom. The van der Waals surface area contributed by atoms with E-state index in [4.69, 9.17) is 0 Å². The smallest absolute Gasteiger partial charge is 0.251 e. The van der Waals surface area contributed by atoms with Crippen molar-refractivity contribution >= 4 is 17.7 Å². The molecule has 2 rings (SSSR count). The summed E-state index contributed by atoms with van der Waals surface area (Å²) in [6.45, 7) is 3.77. The van der Waals surface area contributed by atoms with Gasteiger partial charge in [-0.05, 0) is 25.7 Å². The minimum absolute atomic E-state index is 0.137. The van der Waals surface area contributed by atoms with Crippen molar-refractivity contribution in [1.29, 1.82) is 0 Å². The molecule has 0 spiro atoms. The number of aromatic nitrogens is 2. The lowest BCUT2D eigenvalue weighted by Gasteiger charge is -2.26. The van der Waals surface area contributed by atoms with Crippen LogP contribution >= 0.6 is 11.8 Å². The lowest BCUT2D eigenvalue weighted by molar-refractivity contribution is -0.129. The summed E-state index contributed by atoms with van der Waals surface area (Å²) < 4.78 is 0. The molecule has 1 aromatic rings. The average Bonchev–Trinajstić information content (AvgIpc) is 2.45. The summed E-state index contributed by atoms with van der Waals surface area (Å²) in [5.74, 6) is 0.483. The normalized spacial score (nSPS) is 15.3. The zero-order valence-electron chi connectivity index (χ0n) is 11.9. The second-order valence-corrected chi connectivity index (χ2v) is 5.99. The van der Waals surface area contributed by atoms with Gasteiger partial charge in [0.2, 0.25) is 5.91 Å². The molecule has 0 aliphatic carbocycles. The fourth-order valence-corrected chi connectivity index (χ4v) is 3.10. The average molecular weight is 295 g/mol. The van der Waals surface area contributed by atoms with Crippen molar-refractivity contribution in [2.45, 2.75) is 44.2 Å². The Bertz CT molecular complexity index is 509. The number of aromatic amines is 1. The predicted octanol–water partition coefficient (Wildman–Crippen LogP) is 1.83. The Morgan fingerprint density at radius 1 is 1.40 bits per heavy atom. The first-order valence-corrected chi connectivity index (χ1v) is 8.18. The van der Waals surface area contributed by atoms with Crippen LogP contribution in [0.25, 0.3) is 0 Å². The molecule has 1 saturated heterocycles. The van der Waals surface area contributed by atoms with E-state index in [-0.39, 0.29) is 11.5 Å². The first-order valence-electron chi connectivity index (χ1n) is 7.20. The zero-order valence-corrected chi connectivity index (χ0v) is 12.7. The quantitative estimate of drug-likeness (QED) is 0.665. The first kappa shape index (κ1) is 15.1. The summed E-state index contributed by atoms with van der Waals surface area (Å²) in [6, 6.07) is 1.53. The highest BCUT2D eigenvalue weighted by molar-refractivity contribution is 7.99. The van der Waals surface area contributed by atoms with Gasteiger partial charge < -0.3 is 9.88 Å². The Labute approximate surface area is 123 Å². The van der Waals surface area contributed by atoms with Crippen molar-refractivity contribution in [3.05, 3.63) is 22.1 Å². The predicted molar refractivity (Wildman–Crippen MR) is 80.0 cm³/mol. The summed E-state index contributed by atoms with van der Waals surface area (Å²) in [5, 5.41) is 0.548. The minimum atomic E-state index is -0.142. The van der Waals surface area contributed by atoms with Crippen molar-refractivity contribution in [2.75, 3.05) is 18.8 Å². The van der Waals surface area contributed by atoms with Crippen LogP contribution in [0, 0.1) is 0 Å². The maximum absolute atomic E-state index is 12.1. The van der Waals surface area contributed by atoms with Gasteiger partial charge in [0, 0.05) is 24.8 Å². The third-order valence-electron chi connectivity index (χ3n) is 3.32. The largest absolute Gasteiger partial charge is 0.342 e. The fraction of sp³-hybridized carbons (Fsp3) is 0.643. The van der Waals surface area contributed by atoms with E-state index in [0.717, 1.165) is 44.5 Å². The van der Waals surface area contributed by atoms with E-state index in [0.29, 0.717) is 10.9 Å². The molecular formula is C14H21N3O2S. The number of nitrogens with zero attached hydrogens (tertiary/aromatic N) is 2. The van der Waals surface area contributed by atoms with Gasteiger partial charge in [-0.3, -0.25) is 9.59 Å². The van der Waals surface area contributed by atoms with Crippen LogP contribution in [-0.2, 0) is 11.2 Å². The van der Waals surface area contributed by atoms with Crippen LogP contribution in [0.15, 0.2) is 16.0 Å². The summed E-state index contributed by atoms with van der Waals surface area (Å²) in [5.41, 5.74) is 0.653. The molecule has 1 amide bonds. The molecule has 1 N–H and O–H groups in total. The molecular weight excluding hydrogens is 274 g/mol. The Hall–Kier alpha value is -1.30. The number of H-pyrrole nitrogens is 1. The molecule has 0 aromatic carbocycles. The van der Waals surface area contributed by atoms with Gasteiger partial charge in [-0.1, -0.05) is 25.1 Å². The maximum atomic E-state index is 12.1. The highest BCUT2D eigenvalue weighted by Crippen LogP contribution is 2.15. The van der Waals surface area contributed by atoms with Crippen LogP contribution in [-0.4, -0.2) is 39.6 Å². The number of thioether (sulfide) groups is 1. The summed E-state index contributed by atoms with van der Waals surface area (Å²) in [4.78, 5) is 32.6. The second kappa shape index (κ2) is 7.47. The first-order chi connectivity index (χ1) is 9.69. The molecule has 0 atom stereocenters. The molecule has 0 radical (unpaired) electrons. The standard InChI is InChI=1S/C14H21N3O2S/c1-2-6-11-9-12(18)16-14(15-11)20-10-13(19)17-7-4-3-5-8-17/h9H,2-8,10H2,1H3,(H,15,16,18). The molecule has 6 heteroatoms. The highest BCUT2D eigenvalue weighted by Gasteiger charge is 2.16. The topological polar surface area (TPSA) is 66.1 Å². The number of aryl methyl sites for hydroxylation is 1. The van der Waals surface area contributed by atoms with Crippen LogP contribution in [0.3, 0.4) is 0 Å². The van der Waals surface area contributed by atoms with Crippen molar-refractivity contribution in [1.82, 2.24) is 14.9 Å². The number of carbonyl (C=O) groups excluding carboxylic acids is 1. The van der Waals surface area contributed by atoms with E-state index in [1.807, 2.05) is 4.90 Å². The molecule has 5 nitrogen and oxygen atoms in total. The van der Waals surface area contributed by atoms with E-state index >= 15 is 0 Å². The van der Waals surface area contributed by atoms with Gasteiger partial charge in [-0.15, -0.1) is 0 Å². The number of carbonyl (C=O) groups is 1. The Morgan fingerprint density at radius 3 is 2.85 bits per heavy atom. The summed E-state index contributed by atoms with van der Waals surface area (Å²) in [7, 11) is 0. The molecule has 1 fully saturated rings. The minimum Gasteiger partial charge on any atom is -0.342 e. The van der Waals surface area contributed by atoms with Crippen LogP contribution in [0.4, 0.5) is 0 Å². The Balaban J connectivity index is 1.92. The summed E-state index contributed by atoms with van der Waals surface area (Å²) in [6.07, 6.45) is 5.14. The number of likely N-dealkylation sites (tertiary alicyclic amines) is 1. The van der Waals surface area contributed by atoms with E-state index in [1.165, 1.54) is 24.2 Å². The van der Waals surface area contributed by atoms with Gasteiger partial charge in [0.1, 0.15) is 0 Å². The molecule has 20 heavy (non-hydrogen) atoms. The third kappa shape index (κ3) is 4.37. The molecule has 2 heterocycles. The molecule has 0 unspecified atom stereocenters. The van der Waals surface area contributed by atoms with Crippen LogP contribution in [0.5, 0.6) is 0 Å². The van der Waals surface area contributed by atoms with E-state index in [2.05, 4.69) is 16.9 Å². The number of nitrogens with one attached hydrogen (secondary N) is 1. The van der Waals surface area contributed by atoms with E-state index < -0.39 is 0 Å². The maximum Gasteiger partial charge on any atom is 0.251 e. The monoisotopic (exact) mass is 295 g/mol. The number of amides is 1. The number of rotatable bonds is 5. The SMILES string of the molecule is CCCc1cc(=O)[nH]c(SCC(=O)N2CCCCC2)n1. The van der Waals surface area contributed by atoms with Gasteiger partial charge in [-0.2, -0.15) is 0 Å². The van der Waals surface area contributed by atoms with Gasteiger partial charge in [0.15, 0.2) is 5.16 Å². The van der Waals surface area contributed by atoms with Crippen LogP contribution < -0.4 is 5.56 Å². The van der Waals surface area contributed by atoms with Gasteiger partial charge >= 0.3 is 0 Å². The van der Waals surface area contributed by atoms with Crippen LogP contribution in [0.2, 0.25) is 0 Å². The second-order valence-electron chi connectivity index (χ2n) is 5.02. The van der Waals surface area contributed by atoms with Gasteiger partial charge in [0.05, 0.1) is 5.75 Å². The van der Waals surface area contributed by atoms with Crippen molar-refractivity contribution in [2.24, 2.45) is 0 Å². The van der Waals surface area contributed by atoms with E-state index in [1.54, 1.807) is 0 Å². The lowest BCUT2D eigenvalue weighted by Crippen LogP contribution is -2.36. The number of piperidine rings is 1. The molecule has 1 aliphatic rings. The Kier molecular flexibility index (Phi) is 5.64. The van der Waals surface area contributed by atoms with Crippen molar-refractivity contribution in [3.8, 4) is 0 Å². The van der Waals surface area contributed by atoms with Crippen LogP contribution in [0.1, 0.15) is 38.3 Å². The number of hydrogen-bond donors (Lipinski definition) is 1. The molecule has 110 valence electrons. The highest BCUT2D eigenvalue weighted by atomic mass is 32.2. The lowest BCUT2D eigenvalue weighted by atomic mass is 10.1. The molecule has 0 saturated carbocycles. The fourth-order valence-electron chi connectivity index (χ4n) is 2.30. The molecule has 1 aliphatic heterocycles. The van der Waals surface area contributed by atoms with Gasteiger partial charge in [0.25, 0.3) is 5.56 Å². The van der Waals surface area contributed by atoms with Crippen molar-refractivity contribution in [3.63, 3.8) is 0 Å². The molecule has 1 aromatic heterocycles. The number of hydrogen-bond acceptors (Lipinski definition) is 4. The van der Waals surface area contributed by atoms with Crippen molar-refractivity contribution < 1.29 is 4.79 Å². The van der Waals surface area contributed by atoms with Gasteiger partial charge in [-0.25, -0.2) is 4.98 Å². The summed E-state index contributed by atoms with van der Waals surface area (Å²) >= 11 is 1.32. The van der Waals surface area contributed by atoms with E-state index in [9.17, 15) is 9.59 Å². The third-order valence-corrected chi connectivity index (χ3v) is 4.18. The zero-order chi connectivity index (χ0) is 14.4. The molecule has 0 bridgehead atoms.